The fourth-order valence-corrected chi connectivity index (χ4v) is 2.79. The summed E-state index contributed by atoms with van der Waals surface area (Å²) in [4.78, 5) is 11.3. The quantitative estimate of drug-likeness (QED) is 0.617. The number of carbonyl (C=O) groups excluding carboxylic acids is 1. The van der Waals surface area contributed by atoms with Gasteiger partial charge in [-0.1, -0.05) is 25.5 Å². The molecule has 0 radical (unpaired) electrons. The molecule has 0 saturated carbocycles. The molecular formula is C20H24N4O. The molecule has 2 rings (SSSR count). The number of nitrogens with zero attached hydrogens (tertiary/aromatic N) is 3. The summed E-state index contributed by atoms with van der Waals surface area (Å²) < 4.78 is 2.17. The molecule has 1 aromatic carbocycles. The van der Waals surface area contributed by atoms with E-state index in [0.717, 1.165) is 29.1 Å². The Labute approximate surface area is 149 Å². The molecule has 5 heteroatoms. The van der Waals surface area contributed by atoms with E-state index in [9.17, 15) is 4.79 Å². The van der Waals surface area contributed by atoms with Gasteiger partial charge in [0.1, 0.15) is 6.42 Å². The molecular weight excluding hydrogens is 312 g/mol. The molecule has 130 valence electrons. The highest BCUT2D eigenvalue weighted by Gasteiger charge is 2.09. The smallest absolute Gasteiger partial charge is 0.254 e. The molecule has 25 heavy (non-hydrogen) atoms. The van der Waals surface area contributed by atoms with Gasteiger partial charge < -0.3 is 4.57 Å². The zero-order valence-electron chi connectivity index (χ0n) is 15.0. The number of hydrogen-bond acceptors (Lipinski definition) is 3. The van der Waals surface area contributed by atoms with Gasteiger partial charge in [-0.25, -0.2) is 5.43 Å². The standard InChI is InChI=1S/C20H24N4O/c1-4-5-6-17-7-9-19(10-8-17)24-15(2)13-18(16(24)3)14-22-23-20(25)11-12-21/h7-10,13-14H,4-6,11H2,1-3H3,(H,23,25)/b22-14-. The first kappa shape index (κ1) is 18.5. The van der Waals surface area contributed by atoms with Crippen molar-refractivity contribution in [3.8, 4) is 11.8 Å². The number of nitriles is 1. The van der Waals surface area contributed by atoms with E-state index in [2.05, 4.69) is 46.3 Å². The number of rotatable bonds is 7. The maximum absolute atomic E-state index is 11.3. The largest absolute Gasteiger partial charge is 0.318 e. The van der Waals surface area contributed by atoms with Crippen molar-refractivity contribution in [2.45, 2.75) is 46.5 Å². The molecule has 0 aliphatic carbocycles. The zero-order valence-corrected chi connectivity index (χ0v) is 15.0. The number of amides is 1. The fraction of sp³-hybridized carbons (Fsp3) is 0.350. The average molecular weight is 336 g/mol. The second-order valence-electron chi connectivity index (χ2n) is 6.06. The van der Waals surface area contributed by atoms with E-state index < -0.39 is 5.91 Å². The summed E-state index contributed by atoms with van der Waals surface area (Å²) in [5, 5.41) is 12.4. The van der Waals surface area contributed by atoms with E-state index in [1.807, 2.05) is 19.9 Å². The van der Waals surface area contributed by atoms with Crippen LogP contribution in [0.3, 0.4) is 0 Å². The predicted molar refractivity (Wildman–Crippen MR) is 99.8 cm³/mol. The van der Waals surface area contributed by atoms with Crippen LogP contribution in [0.15, 0.2) is 35.4 Å². The van der Waals surface area contributed by atoms with Gasteiger partial charge in [-0.05, 0) is 50.5 Å². The molecule has 0 atom stereocenters. The van der Waals surface area contributed by atoms with Gasteiger partial charge in [-0.2, -0.15) is 10.4 Å². The summed E-state index contributed by atoms with van der Waals surface area (Å²) in [5.41, 5.74) is 7.91. The maximum Gasteiger partial charge on any atom is 0.254 e. The molecule has 0 fully saturated rings. The Morgan fingerprint density at radius 1 is 1.32 bits per heavy atom. The van der Waals surface area contributed by atoms with E-state index in [4.69, 9.17) is 5.26 Å². The van der Waals surface area contributed by atoms with E-state index in [1.54, 1.807) is 12.3 Å². The van der Waals surface area contributed by atoms with Crippen LogP contribution >= 0.6 is 0 Å². The lowest BCUT2D eigenvalue weighted by Gasteiger charge is -2.10. The third-order valence-corrected chi connectivity index (χ3v) is 4.12. The van der Waals surface area contributed by atoms with Crippen LogP contribution in [-0.4, -0.2) is 16.7 Å². The van der Waals surface area contributed by atoms with Gasteiger partial charge in [-0.15, -0.1) is 0 Å². The summed E-state index contributed by atoms with van der Waals surface area (Å²) in [6.45, 7) is 6.27. The monoisotopic (exact) mass is 336 g/mol. The Morgan fingerprint density at radius 2 is 2.04 bits per heavy atom. The van der Waals surface area contributed by atoms with Crippen LogP contribution in [0.4, 0.5) is 0 Å². The molecule has 0 spiro atoms. The summed E-state index contributed by atoms with van der Waals surface area (Å²) in [6, 6.07) is 12.5. The van der Waals surface area contributed by atoms with Crippen LogP contribution in [-0.2, 0) is 11.2 Å². The lowest BCUT2D eigenvalue weighted by molar-refractivity contribution is -0.120. The first-order valence-corrected chi connectivity index (χ1v) is 8.54. The summed E-state index contributed by atoms with van der Waals surface area (Å²) in [7, 11) is 0. The molecule has 0 bridgehead atoms. The Kier molecular flexibility index (Phi) is 6.53. The van der Waals surface area contributed by atoms with Crippen LogP contribution in [0, 0.1) is 25.2 Å². The lowest BCUT2D eigenvalue weighted by Crippen LogP contribution is -2.16. The fourth-order valence-electron chi connectivity index (χ4n) is 2.79. The van der Waals surface area contributed by atoms with Crippen molar-refractivity contribution in [2.75, 3.05) is 0 Å². The lowest BCUT2D eigenvalue weighted by atomic mass is 10.1. The van der Waals surface area contributed by atoms with Gasteiger partial charge in [0.25, 0.3) is 5.91 Å². The number of nitrogens with one attached hydrogen (secondary N) is 1. The van der Waals surface area contributed by atoms with Crippen molar-refractivity contribution in [3.05, 3.63) is 52.8 Å². The molecule has 0 aliphatic heterocycles. The van der Waals surface area contributed by atoms with Crippen LogP contribution in [0.25, 0.3) is 5.69 Å². The molecule has 1 aromatic heterocycles. The van der Waals surface area contributed by atoms with Gasteiger partial charge in [0.15, 0.2) is 0 Å². The number of benzene rings is 1. The first-order valence-electron chi connectivity index (χ1n) is 8.54. The van der Waals surface area contributed by atoms with Gasteiger partial charge in [0.2, 0.25) is 0 Å². The molecule has 0 saturated heterocycles. The summed E-state index contributed by atoms with van der Waals surface area (Å²) in [5.74, 6) is -0.407. The zero-order chi connectivity index (χ0) is 18.2. The van der Waals surface area contributed by atoms with E-state index in [0.29, 0.717) is 0 Å². The second kappa shape index (κ2) is 8.84. The number of hydrazone groups is 1. The van der Waals surface area contributed by atoms with Crippen LogP contribution in [0.5, 0.6) is 0 Å². The van der Waals surface area contributed by atoms with Crippen LogP contribution in [0.2, 0.25) is 0 Å². The number of aryl methyl sites for hydroxylation is 2. The molecule has 5 nitrogen and oxygen atoms in total. The van der Waals surface area contributed by atoms with Gasteiger partial charge in [-0.3, -0.25) is 4.79 Å². The first-order chi connectivity index (χ1) is 12.1. The number of unbranched alkanes of at least 4 members (excludes halogenated alkanes) is 1. The van der Waals surface area contributed by atoms with Crippen LogP contribution in [0.1, 0.15) is 48.7 Å². The van der Waals surface area contributed by atoms with Crippen molar-refractivity contribution >= 4 is 12.1 Å². The molecule has 1 N–H and O–H groups in total. The molecule has 0 unspecified atom stereocenters. The van der Waals surface area contributed by atoms with Crippen molar-refractivity contribution in [2.24, 2.45) is 5.10 Å². The number of carbonyl (C=O) groups is 1. The van der Waals surface area contributed by atoms with Crippen molar-refractivity contribution in [1.29, 1.82) is 5.26 Å². The third-order valence-electron chi connectivity index (χ3n) is 4.12. The Balaban J connectivity index is 2.17. The summed E-state index contributed by atoms with van der Waals surface area (Å²) >= 11 is 0. The Bertz CT molecular complexity index is 794. The second-order valence-corrected chi connectivity index (χ2v) is 6.06. The molecule has 0 aliphatic rings. The van der Waals surface area contributed by atoms with E-state index in [-0.39, 0.29) is 6.42 Å². The minimum atomic E-state index is -0.407. The van der Waals surface area contributed by atoms with Gasteiger partial charge >= 0.3 is 0 Å². The Morgan fingerprint density at radius 3 is 2.68 bits per heavy atom. The third kappa shape index (κ3) is 4.80. The molecule has 2 aromatic rings. The minimum absolute atomic E-state index is 0.194. The van der Waals surface area contributed by atoms with E-state index in [1.165, 1.54) is 18.4 Å². The highest BCUT2D eigenvalue weighted by atomic mass is 16.2. The summed E-state index contributed by atoms with van der Waals surface area (Å²) in [6.07, 6.45) is 4.94. The normalized spacial score (nSPS) is 10.8. The Hall–Kier alpha value is -2.87. The van der Waals surface area contributed by atoms with E-state index >= 15 is 0 Å². The van der Waals surface area contributed by atoms with Crippen molar-refractivity contribution in [3.63, 3.8) is 0 Å². The average Bonchev–Trinajstić information content (AvgIpc) is 2.88. The SMILES string of the molecule is CCCCc1ccc(-n2c(C)cc(/C=N\NC(=O)CC#N)c2C)cc1. The topological polar surface area (TPSA) is 70.2 Å². The minimum Gasteiger partial charge on any atom is -0.318 e. The highest BCUT2D eigenvalue weighted by Crippen LogP contribution is 2.20. The highest BCUT2D eigenvalue weighted by molar-refractivity contribution is 5.84. The maximum atomic E-state index is 11.3. The molecule has 1 amide bonds. The molecule has 1 heterocycles. The number of aromatic nitrogens is 1. The number of hydrogen-bond donors (Lipinski definition) is 1. The van der Waals surface area contributed by atoms with Crippen molar-refractivity contribution < 1.29 is 4.79 Å². The van der Waals surface area contributed by atoms with Crippen LogP contribution < -0.4 is 5.43 Å². The van der Waals surface area contributed by atoms with Crippen molar-refractivity contribution in [1.82, 2.24) is 9.99 Å². The predicted octanol–water partition coefficient (Wildman–Crippen LogP) is 3.80. The van der Waals surface area contributed by atoms with Gasteiger partial charge in [0, 0.05) is 22.6 Å². The van der Waals surface area contributed by atoms with Gasteiger partial charge in [0.05, 0.1) is 12.3 Å².